The average molecular weight is 312 g/mol. The van der Waals surface area contributed by atoms with Crippen LogP contribution in [0.25, 0.3) is 0 Å². The molecule has 0 aromatic rings. The monoisotopic (exact) mass is 312 g/mol. The summed E-state index contributed by atoms with van der Waals surface area (Å²) in [5, 5.41) is 6.59. The first kappa shape index (κ1) is 29.2. The van der Waals surface area contributed by atoms with Crippen molar-refractivity contribution in [3.8, 4) is 0 Å². The summed E-state index contributed by atoms with van der Waals surface area (Å²) in [6.07, 6.45) is 4.30. The first-order valence-electron chi connectivity index (χ1n) is 6.48. The molecule has 0 saturated carbocycles. The Bertz CT molecular complexity index is 218. The molecule has 4 nitrogen and oxygen atoms in total. The molecule has 0 spiro atoms. The molecule has 0 saturated heterocycles. The molecule has 0 bridgehead atoms. The third kappa shape index (κ3) is 12.3. The van der Waals surface area contributed by atoms with Gasteiger partial charge in [0, 0.05) is 6.61 Å². The van der Waals surface area contributed by atoms with E-state index in [4.69, 9.17) is 5.11 Å². The quantitative estimate of drug-likeness (QED) is 0.295. The molecule has 19 heavy (non-hydrogen) atoms. The maximum Gasteiger partial charge on any atom is 1.00 e. The van der Waals surface area contributed by atoms with Crippen LogP contribution in [-0.4, -0.2) is 16.9 Å². The van der Waals surface area contributed by atoms with Crippen LogP contribution in [0.2, 0.25) is 0 Å². The number of rotatable bonds is 7. The molecule has 0 aliphatic heterocycles. The van der Waals surface area contributed by atoms with E-state index in [9.17, 15) is 14.4 Å². The molecule has 1 N–H and O–H groups in total. The Hall–Kier alpha value is 2.11. The zero-order valence-corrected chi connectivity index (χ0v) is 18.5. The molecule has 0 atom stereocenters. The average Bonchev–Trinajstić information content (AvgIpc) is 2.24. The van der Waals surface area contributed by atoms with E-state index in [0.717, 1.165) is 19.3 Å². The number of unbranched alkanes of at least 4 members (excludes halogenated alkanes) is 2. The van der Waals surface area contributed by atoms with E-state index in [0.29, 0.717) is 19.3 Å². The second kappa shape index (κ2) is 16.5. The summed E-state index contributed by atoms with van der Waals surface area (Å²) < 4.78 is 11.2. The Labute approximate surface area is 162 Å². The van der Waals surface area contributed by atoms with Crippen molar-refractivity contribution in [3.05, 3.63) is 0 Å². The molecule has 0 heterocycles. The minimum Gasteiger partial charge on any atom is -0.810 e. The van der Waals surface area contributed by atoms with Crippen molar-refractivity contribution in [3.63, 3.8) is 0 Å². The molecule has 0 aromatic carbocycles. The van der Waals surface area contributed by atoms with E-state index in [-0.39, 0.29) is 65.7 Å². The van der Waals surface area contributed by atoms with E-state index >= 15 is 0 Å². The van der Waals surface area contributed by atoms with Gasteiger partial charge in [0.05, 0.1) is 0 Å². The normalized spacial score (nSPS) is 10.7. The van der Waals surface area contributed by atoms with Gasteiger partial charge in [-0.1, -0.05) is 47.6 Å². The maximum absolute atomic E-state index is 11.2. The Morgan fingerprint density at radius 3 is 1.58 bits per heavy atom. The topological polar surface area (TPSA) is 83.4 Å². The van der Waals surface area contributed by atoms with Gasteiger partial charge in [0.1, 0.15) is 0 Å². The summed E-state index contributed by atoms with van der Waals surface area (Å²) >= 11 is 0. The molecular formula is C12H27Na2O4P. The molecule has 0 aromatic heterocycles. The number of aliphatic hydroxyl groups is 1. The van der Waals surface area contributed by atoms with E-state index in [2.05, 4.69) is 6.92 Å². The molecular weight excluding hydrogens is 285 g/mol. The van der Waals surface area contributed by atoms with Crippen LogP contribution < -0.4 is 68.9 Å². The Morgan fingerprint density at radius 2 is 1.37 bits per heavy atom. The van der Waals surface area contributed by atoms with Crippen LogP contribution in [0.15, 0.2) is 0 Å². The SMILES string of the molecule is CCCCCC(CC)(CC)P(=O)([O-])[O-].CCO.[Na+].[Na+]. The minimum atomic E-state index is -4.45. The fraction of sp³-hybridized carbons (Fsp3) is 1.00. The minimum absolute atomic E-state index is 0. The summed E-state index contributed by atoms with van der Waals surface area (Å²) in [6, 6.07) is 0. The van der Waals surface area contributed by atoms with Crippen molar-refractivity contribution < 1.29 is 78.6 Å². The first-order chi connectivity index (χ1) is 7.85. The maximum atomic E-state index is 11.2. The van der Waals surface area contributed by atoms with Crippen LogP contribution >= 0.6 is 7.60 Å². The number of hydrogen-bond donors (Lipinski definition) is 1. The predicted octanol–water partition coefficient (Wildman–Crippen LogP) is -3.95. The van der Waals surface area contributed by atoms with Gasteiger partial charge in [-0.05, 0) is 31.3 Å². The molecule has 7 heteroatoms. The molecule has 0 aliphatic carbocycles. The summed E-state index contributed by atoms with van der Waals surface area (Å²) in [4.78, 5) is 22.4. The van der Waals surface area contributed by atoms with Gasteiger partial charge in [-0.2, -0.15) is 0 Å². The summed E-state index contributed by atoms with van der Waals surface area (Å²) in [5.41, 5.74) is 0. The summed E-state index contributed by atoms with van der Waals surface area (Å²) in [6.45, 7) is 7.57. The van der Waals surface area contributed by atoms with Crippen LogP contribution in [0.1, 0.15) is 66.2 Å². The predicted molar refractivity (Wildman–Crippen MR) is 67.8 cm³/mol. The smallest absolute Gasteiger partial charge is 0.810 e. The summed E-state index contributed by atoms with van der Waals surface area (Å²) in [5.74, 6) is 0. The molecule has 0 rings (SSSR count). The summed E-state index contributed by atoms with van der Waals surface area (Å²) in [7, 11) is -4.45. The van der Waals surface area contributed by atoms with Gasteiger partial charge in [-0.15, -0.1) is 0 Å². The standard InChI is InChI=1S/C10H23O3P.C2H6O.2Na/c1-4-7-8-9-10(5-2,6-3)14(11,12)13;1-2-3;;/h4-9H2,1-3H3,(H2,11,12,13);3H,2H2,1H3;;/q;;2*+1/p-2. The van der Waals surface area contributed by atoms with Crippen LogP contribution in [0.3, 0.4) is 0 Å². The van der Waals surface area contributed by atoms with E-state index in [1.807, 2.05) is 0 Å². The van der Waals surface area contributed by atoms with Crippen molar-refractivity contribution in [2.75, 3.05) is 6.61 Å². The molecule has 0 fully saturated rings. The molecule has 0 radical (unpaired) electrons. The fourth-order valence-corrected chi connectivity index (χ4v) is 3.04. The number of aliphatic hydroxyl groups excluding tert-OH is 1. The van der Waals surface area contributed by atoms with Crippen LogP contribution in [0, 0.1) is 0 Å². The largest absolute Gasteiger partial charge is 1.00 e. The fourth-order valence-electron chi connectivity index (χ4n) is 1.83. The Morgan fingerprint density at radius 1 is 1.00 bits per heavy atom. The van der Waals surface area contributed by atoms with Gasteiger partial charge in [0.2, 0.25) is 0 Å². The van der Waals surface area contributed by atoms with Crippen molar-refractivity contribution in [1.82, 2.24) is 0 Å². The van der Waals surface area contributed by atoms with Crippen LogP contribution in [-0.2, 0) is 4.57 Å². The zero-order valence-electron chi connectivity index (χ0n) is 13.6. The molecule has 0 amide bonds. The first-order valence-corrected chi connectivity index (χ1v) is 8.02. The van der Waals surface area contributed by atoms with Crippen LogP contribution in [0.5, 0.6) is 0 Å². The third-order valence-electron chi connectivity index (χ3n) is 3.14. The molecule has 0 unspecified atom stereocenters. The van der Waals surface area contributed by atoms with Crippen molar-refractivity contribution in [2.24, 2.45) is 0 Å². The van der Waals surface area contributed by atoms with Gasteiger partial charge in [-0.3, -0.25) is 0 Å². The van der Waals surface area contributed by atoms with Gasteiger partial charge >= 0.3 is 59.1 Å². The van der Waals surface area contributed by atoms with Crippen molar-refractivity contribution >= 4 is 7.60 Å². The van der Waals surface area contributed by atoms with Gasteiger partial charge in [0.15, 0.2) is 0 Å². The second-order valence-electron chi connectivity index (χ2n) is 4.20. The molecule has 106 valence electrons. The van der Waals surface area contributed by atoms with Crippen molar-refractivity contribution in [1.29, 1.82) is 0 Å². The second-order valence-corrected chi connectivity index (χ2v) is 6.15. The Balaban J connectivity index is -0.000000204. The van der Waals surface area contributed by atoms with Crippen molar-refractivity contribution in [2.45, 2.75) is 71.4 Å². The van der Waals surface area contributed by atoms with Gasteiger partial charge in [0.25, 0.3) is 0 Å². The van der Waals surface area contributed by atoms with E-state index in [1.54, 1.807) is 20.8 Å². The van der Waals surface area contributed by atoms with Gasteiger partial charge < -0.3 is 19.5 Å². The molecule has 0 aliphatic rings. The van der Waals surface area contributed by atoms with Gasteiger partial charge in [-0.25, -0.2) is 0 Å². The van der Waals surface area contributed by atoms with E-state index in [1.165, 1.54) is 0 Å². The Kier molecular flexibility index (Phi) is 25.3. The zero-order chi connectivity index (χ0) is 13.9. The third-order valence-corrected chi connectivity index (χ3v) is 5.16. The number of hydrogen-bond acceptors (Lipinski definition) is 4. The van der Waals surface area contributed by atoms with Crippen LogP contribution in [0.4, 0.5) is 0 Å². The van der Waals surface area contributed by atoms with E-state index < -0.39 is 12.8 Å².